The second-order valence-electron chi connectivity index (χ2n) is 4.65. The summed E-state index contributed by atoms with van der Waals surface area (Å²) in [5.74, 6) is -0.813. The predicted octanol–water partition coefficient (Wildman–Crippen LogP) is 0.686. The van der Waals surface area contributed by atoms with Crippen molar-refractivity contribution in [3.63, 3.8) is 0 Å². The summed E-state index contributed by atoms with van der Waals surface area (Å²) in [6, 6.07) is 6.62. The van der Waals surface area contributed by atoms with Crippen LogP contribution in [0.1, 0.15) is 25.3 Å². The van der Waals surface area contributed by atoms with Crippen LogP contribution in [0.5, 0.6) is 0 Å². The van der Waals surface area contributed by atoms with E-state index in [1.807, 2.05) is 6.92 Å². The number of hydrogen-bond acceptors (Lipinski definition) is 4. The van der Waals surface area contributed by atoms with Gasteiger partial charge in [-0.25, -0.2) is 8.42 Å². The largest absolute Gasteiger partial charge is 0.399 e. The van der Waals surface area contributed by atoms with E-state index in [2.05, 4.69) is 0 Å². The molecular weight excluding hydrogens is 278 g/mol. The summed E-state index contributed by atoms with van der Waals surface area (Å²) in [5, 5.41) is 0. The van der Waals surface area contributed by atoms with E-state index in [4.69, 9.17) is 11.5 Å². The molecule has 20 heavy (non-hydrogen) atoms. The van der Waals surface area contributed by atoms with Crippen molar-refractivity contribution in [2.75, 3.05) is 18.8 Å². The highest BCUT2D eigenvalue weighted by atomic mass is 32.2. The fourth-order valence-corrected chi connectivity index (χ4v) is 3.27. The fraction of sp³-hybridized carbons (Fsp3) is 0.462. The average Bonchev–Trinajstić information content (AvgIpc) is 2.36. The lowest BCUT2D eigenvalue weighted by atomic mass is 10.2. The number of nitrogen functional groups attached to an aromatic ring is 1. The number of nitrogens with zero attached hydrogens (tertiary/aromatic N) is 1. The summed E-state index contributed by atoms with van der Waals surface area (Å²) in [5.41, 5.74) is 11.9. The maximum atomic E-state index is 12.3. The lowest BCUT2D eigenvalue weighted by Crippen LogP contribution is -2.39. The first-order valence-corrected chi connectivity index (χ1v) is 8.06. The highest BCUT2D eigenvalue weighted by Crippen LogP contribution is 2.13. The minimum atomic E-state index is -3.56. The van der Waals surface area contributed by atoms with Gasteiger partial charge in [-0.05, 0) is 24.1 Å². The van der Waals surface area contributed by atoms with Crippen LogP contribution in [-0.4, -0.2) is 31.7 Å². The summed E-state index contributed by atoms with van der Waals surface area (Å²) < 4.78 is 25.8. The van der Waals surface area contributed by atoms with Crippen molar-refractivity contribution in [2.45, 2.75) is 25.5 Å². The molecule has 0 radical (unpaired) electrons. The van der Waals surface area contributed by atoms with E-state index >= 15 is 0 Å². The van der Waals surface area contributed by atoms with E-state index < -0.39 is 15.9 Å². The molecule has 0 unspecified atom stereocenters. The topological polar surface area (TPSA) is 106 Å². The first-order valence-electron chi connectivity index (χ1n) is 6.45. The molecular formula is C13H21N3O3S. The Morgan fingerprint density at radius 1 is 1.25 bits per heavy atom. The SMILES string of the molecule is CCCCN(CC(N)=O)S(=O)(=O)Cc1ccc(N)cc1. The van der Waals surface area contributed by atoms with Gasteiger partial charge in [0, 0.05) is 12.2 Å². The second-order valence-corrected chi connectivity index (χ2v) is 6.62. The van der Waals surface area contributed by atoms with E-state index in [1.54, 1.807) is 24.3 Å². The quantitative estimate of drug-likeness (QED) is 0.688. The van der Waals surface area contributed by atoms with Crippen LogP contribution in [0.25, 0.3) is 0 Å². The van der Waals surface area contributed by atoms with Gasteiger partial charge in [0.1, 0.15) is 0 Å². The second kappa shape index (κ2) is 7.25. The van der Waals surface area contributed by atoms with Gasteiger partial charge in [-0.2, -0.15) is 4.31 Å². The molecule has 1 amide bonds. The predicted molar refractivity (Wildman–Crippen MR) is 79.2 cm³/mol. The van der Waals surface area contributed by atoms with Crippen molar-refractivity contribution in [1.82, 2.24) is 4.31 Å². The molecule has 0 bridgehead atoms. The van der Waals surface area contributed by atoms with E-state index in [-0.39, 0.29) is 12.3 Å². The number of hydrogen-bond donors (Lipinski definition) is 2. The fourth-order valence-electron chi connectivity index (χ4n) is 1.74. The molecule has 0 saturated heterocycles. The number of sulfonamides is 1. The highest BCUT2D eigenvalue weighted by molar-refractivity contribution is 7.88. The Morgan fingerprint density at radius 2 is 1.85 bits per heavy atom. The summed E-state index contributed by atoms with van der Waals surface area (Å²) in [7, 11) is -3.56. The summed E-state index contributed by atoms with van der Waals surface area (Å²) in [4.78, 5) is 11.0. The van der Waals surface area contributed by atoms with Crippen molar-refractivity contribution in [2.24, 2.45) is 5.73 Å². The van der Waals surface area contributed by atoms with Crippen molar-refractivity contribution in [3.8, 4) is 0 Å². The monoisotopic (exact) mass is 299 g/mol. The average molecular weight is 299 g/mol. The number of anilines is 1. The molecule has 112 valence electrons. The maximum Gasteiger partial charge on any atom is 0.232 e. The Morgan fingerprint density at radius 3 is 2.35 bits per heavy atom. The van der Waals surface area contributed by atoms with Crippen LogP contribution in [0.2, 0.25) is 0 Å². The molecule has 0 atom stereocenters. The molecule has 0 aromatic heterocycles. The number of benzene rings is 1. The van der Waals surface area contributed by atoms with Gasteiger partial charge in [0.25, 0.3) is 0 Å². The van der Waals surface area contributed by atoms with E-state index in [1.165, 1.54) is 0 Å². The van der Waals surface area contributed by atoms with Crippen LogP contribution in [-0.2, 0) is 20.6 Å². The lowest BCUT2D eigenvalue weighted by Gasteiger charge is -2.20. The number of nitrogens with two attached hydrogens (primary N) is 2. The molecule has 1 aromatic carbocycles. The van der Waals surface area contributed by atoms with E-state index in [9.17, 15) is 13.2 Å². The first-order chi connectivity index (χ1) is 9.35. The zero-order valence-corrected chi connectivity index (χ0v) is 12.4. The Hall–Kier alpha value is -1.60. The lowest BCUT2D eigenvalue weighted by molar-refractivity contribution is -0.118. The Labute approximate surface area is 119 Å². The highest BCUT2D eigenvalue weighted by Gasteiger charge is 2.23. The third-order valence-corrected chi connectivity index (χ3v) is 4.61. The standard InChI is InChI=1S/C13H21N3O3S/c1-2-3-8-16(9-13(15)17)20(18,19)10-11-4-6-12(14)7-5-11/h4-7H,2-3,8-10,14H2,1H3,(H2,15,17). The normalized spacial score (nSPS) is 11.7. The minimum absolute atomic E-state index is 0.162. The molecule has 4 N–H and O–H groups in total. The maximum absolute atomic E-state index is 12.3. The summed E-state index contributed by atoms with van der Waals surface area (Å²) in [6.45, 7) is 1.98. The van der Waals surface area contributed by atoms with Gasteiger partial charge in [-0.15, -0.1) is 0 Å². The molecule has 0 saturated carbocycles. The van der Waals surface area contributed by atoms with Crippen LogP contribution in [0.3, 0.4) is 0 Å². The van der Waals surface area contributed by atoms with Gasteiger partial charge in [0.05, 0.1) is 12.3 Å². The van der Waals surface area contributed by atoms with E-state index in [0.717, 1.165) is 10.7 Å². The van der Waals surface area contributed by atoms with Crippen LogP contribution in [0, 0.1) is 0 Å². The van der Waals surface area contributed by atoms with Crippen LogP contribution >= 0.6 is 0 Å². The van der Waals surface area contributed by atoms with Crippen LogP contribution in [0.15, 0.2) is 24.3 Å². The van der Waals surface area contributed by atoms with Gasteiger partial charge in [-0.3, -0.25) is 4.79 Å². The van der Waals surface area contributed by atoms with Crippen molar-refractivity contribution in [3.05, 3.63) is 29.8 Å². The molecule has 0 spiro atoms. The van der Waals surface area contributed by atoms with Gasteiger partial charge < -0.3 is 11.5 Å². The number of primary amides is 1. The third-order valence-electron chi connectivity index (χ3n) is 2.82. The zero-order chi connectivity index (χ0) is 15.2. The van der Waals surface area contributed by atoms with Crippen molar-refractivity contribution >= 4 is 21.6 Å². The number of carbonyl (C=O) groups is 1. The van der Waals surface area contributed by atoms with Gasteiger partial charge in [0.15, 0.2) is 0 Å². The first kappa shape index (κ1) is 16.5. The Bertz CT molecular complexity index is 540. The number of unbranched alkanes of at least 4 members (excludes halogenated alkanes) is 1. The van der Waals surface area contributed by atoms with Gasteiger partial charge in [0.2, 0.25) is 15.9 Å². The van der Waals surface area contributed by atoms with Crippen LogP contribution < -0.4 is 11.5 Å². The molecule has 0 aliphatic rings. The molecule has 0 aliphatic heterocycles. The van der Waals surface area contributed by atoms with Crippen molar-refractivity contribution < 1.29 is 13.2 Å². The van der Waals surface area contributed by atoms with Gasteiger partial charge in [-0.1, -0.05) is 25.5 Å². The zero-order valence-electron chi connectivity index (χ0n) is 11.6. The Balaban J connectivity index is 2.85. The van der Waals surface area contributed by atoms with Crippen molar-refractivity contribution in [1.29, 1.82) is 0 Å². The van der Waals surface area contributed by atoms with E-state index in [0.29, 0.717) is 24.2 Å². The summed E-state index contributed by atoms with van der Waals surface area (Å²) >= 11 is 0. The number of carbonyl (C=O) groups excluding carboxylic acids is 1. The number of rotatable bonds is 8. The smallest absolute Gasteiger partial charge is 0.232 e. The molecule has 7 heteroatoms. The molecule has 0 heterocycles. The third kappa shape index (κ3) is 5.18. The number of amides is 1. The summed E-state index contributed by atoms with van der Waals surface area (Å²) in [6.07, 6.45) is 1.53. The molecule has 1 rings (SSSR count). The molecule has 6 nitrogen and oxygen atoms in total. The molecule has 0 aliphatic carbocycles. The molecule has 1 aromatic rings. The molecule has 0 fully saturated rings. The van der Waals surface area contributed by atoms with Gasteiger partial charge >= 0.3 is 0 Å². The van der Waals surface area contributed by atoms with Crippen LogP contribution in [0.4, 0.5) is 5.69 Å². The minimum Gasteiger partial charge on any atom is -0.399 e. The Kier molecular flexibility index (Phi) is 5.97.